The number of carbonyl (C=O) groups is 3. The van der Waals surface area contributed by atoms with Gasteiger partial charge in [0.1, 0.15) is 17.5 Å². The van der Waals surface area contributed by atoms with E-state index in [4.69, 9.17) is 19.2 Å². The maximum Gasteiger partial charge on any atom is 0.373 e. The van der Waals surface area contributed by atoms with Gasteiger partial charge in [0.2, 0.25) is 5.76 Å². The smallest absolute Gasteiger partial charge is 0.373 e. The Labute approximate surface area is 171 Å². The second-order valence-corrected chi connectivity index (χ2v) is 5.96. The Morgan fingerprint density at radius 3 is 2.77 bits per heavy atom. The van der Waals surface area contributed by atoms with E-state index in [1.54, 1.807) is 18.2 Å². The molecule has 0 saturated carbocycles. The molecule has 3 rings (SSSR count). The molecule has 1 aromatic heterocycles. The third-order valence-corrected chi connectivity index (χ3v) is 4.13. The zero-order chi connectivity index (χ0) is 21.7. The van der Waals surface area contributed by atoms with Gasteiger partial charge in [0.15, 0.2) is 18.1 Å². The number of carbonyl (C=O) groups excluding carboxylic acids is 3. The lowest BCUT2D eigenvalue weighted by Crippen LogP contribution is -2.30. The van der Waals surface area contributed by atoms with Gasteiger partial charge in [-0.3, -0.25) is 9.69 Å². The zero-order valence-corrected chi connectivity index (χ0v) is 16.1. The molecule has 0 aliphatic carbocycles. The fourth-order valence-electron chi connectivity index (χ4n) is 2.77. The van der Waals surface area contributed by atoms with Crippen molar-refractivity contribution in [1.29, 1.82) is 5.26 Å². The summed E-state index contributed by atoms with van der Waals surface area (Å²) >= 11 is 0. The number of amides is 3. The van der Waals surface area contributed by atoms with Crippen LogP contribution in [0, 0.1) is 11.3 Å². The summed E-state index contributed by atoms with van der Waals surface area (Å²) in [6.07, 6.45) is 1.43. The molecular weight excluding hydrogens is 394 g/mol. The number of nitrogens with one attached hydrogen (secondary N) is 1. The highest BCUT2D eigenvalue weighted by Crippen LogP contribution is 2.33. The molecule has 30 heavy (non-hydrogen) atoms. The lowest BCUT2D eigenvalue weighted by Gasteiger charge is -2.11. The van der Waals surface area contributed by atoms with Gasteiger partial charge in [0.25, 0.3) is 5.91 Å². The molecule has 1 N–H and O–H groups in total. The number of hydrogen-bond acceptors (Lipinski definition) is 8. The molecular formula is C20H17N3O7. The Morgan fingerprint density at radius 2 is 2.07 bits per heavy atom. The van der Waals surface area contributed by atoms with Gasteiger partial charge in [-0.1, -0.05) is 12.1 Å². The highest BCUT2D eigenvalue weighted by atomic mass is 16.5. The number of esters is 1. The normalized spacial score (nSPS) is 14.4. The average molecular weight is 411 g/mol. The molecule has 2 aromatic rings. The largest absolute Gasteiger partial charge is 0.493 e. The van der Waals surface area contributed by atoms with Crippen LogP contribution in [0.3, 0.4) is 0 Å². The lowest BCUT2D eigenvalue weighted by atomic mass is 10.1. The van der Waals surface area contributed by atoms with E-state index in [2.05, 4.69) is 10.1 Å². The molecule has 2 heterocycles. The maximum absolute atomic E-state index is 12.7. The molecule has 0 spiro atoms. The van der Waals surface area contributed by atoms with E-state index < -0.39 is 17.9 Å². The molecule has 1 aromatic carbocycles. The van der Waals surface area contributed by atoms with Crippen LogP contribution in [0.2, 0.25) is 0 Å². The fourth-order valence-corrected chi connectivity index (χ4v) is 2.77. The highest BCUT2D eigenvalue weighted by Gasteiger charge is 2.34. The van der Waals surface area contributed by atoms with Crippen molar-refractivity contribution in [3.63, 3.8) is 0 Å². The first-order valence-corrected chi connectivity index (χ1v) is 8.66. The molecule has 1 fully saturated rings. The van der Waals surface area contributed by atoms with Crippen molar-refractivity contribution >= 4 is 24.0 Å². The lowest BCUT2D eigenvalue weighted by molar-refractivity contribution is -0.123. The number of hydrogen-bond donors (Lipinski definition) is 1. The van der Waals surface area contributed by atoms with Crippen molar-refractivity contribution in [2.45, 2.75) is 6.54 Å². The number of imide groups is 1. The minimum Gasteiger partial charge on any atom is -0.493 e. The molecule has 0 atom stereocenters. The van der Waals surface area contributed by atoms with E-state index in [-0.39, 0.29) is 36.1 Å². The van der Waals surface area contributed by atoms with Gasteiger partial charge in [0.05, 0.1) is 20.8 Å². The number of nitriles is 1. The number of rotatable bonds is 7. The third kappa shape index (κ3) is 4.10. The van der Waals surface area contributed by atoms with Gasteiger partial charge in [-0.25, -0.2) is 9.59 Å². The van der Waals surface area contributed by atoms with Crippen LogP contribution in [-0.2, 0) is 16.1 Å². The summed E-state index contributed by atoms with van der Waals surface area (Å²) in [5.41, 5.74) is 0.455. The first kappa shape index (κ1) is 20.5. The predicted molar refractivity (Wildman–Crippen MR) is 101 cm³/mol. The van der Waals surface area contributed by atoms with Gasteiger partial charge in [-0.15, -0.1) is 0 Å². The summed E-state index contributed by atoms with van der Waals surface area (Å²) in [6, 6.07) is 9.07. The SMILES string of the molecule is COC(=O)c1ccc(CN2C(=O)NC(=Cc3cccc(OC)c3OCC#N)C2=O)o1. The Balaban J connectivity index is 1.84. The Kier molecular flexibility index (Phi) is 6.03. The number of furan rings is 1. The minimum absolute atomic E-state index is 0.00908. The van der Waals surface area contributed by atoms with Crippen LogP contribution >= 0.6 is 0 Å². The van der Waals surface area contributed by atoms with Crippen LogP contribution in [0.1, 0.15) is 21.9 Å². The van der Waals surface area contributed by atoms with Gasteiger partial charge < -0.3 is 23.9 Å². The van der Waals surface area contributed by atoms with E-state index in [0.717, 1.165) is 4.90 Å². The number of benzene rings is 1. The van der Waals surface area contributed by atoms with E-state index in [0.29, 0.717) is 11.3 Å². The number of para-hydroxylation sites is 1. The van der Waals surface area contributed by atoms with Gasteiger partial charge >= 0.3 is 12.0 Å². The van der Waals surface area contributed by atoms with Crippen LogP contribution in [0.4, 0.5) is 4.79 Å². The number of nitrogens with zero attached hydrogens (tertiary/aromatic N) is 2. The van der Waals surface area contributed by atoms with Crippen molar-refractivity contribution in [3.05, 3.63) is 53.1 Å². The van der Waals surface area contributed by atoms with Crippen LogP contribution in [-0.4, -0.2) is 43.6 Å². The topological polar surface area (TPSA) is 131 Å². The number of ether oxygens (including phenoxy) is 3. The van der Waals surface area contributed by atoms with Gasteiger partial charge in [-0.2, -0.15) is 5.26 Å². The molecule has 10 nitrogen and oxygen atoms in total. The Morgan fingerprint density at radius 1 is 1.27 bits per heavy atom. The summed E-state index contributed by atoms with van der Waals surface area (Å²) in [5.74, 6) is -0.417. The van der Waals surface area contributed by atoms with E-state index in [9.17, 15) is 14.4 Å². The first-order valence-electron chi connectivity index (χ1n) is 8.66. The second-order valence-electron chi connectivity index (χ2n) is 5.96. The van der Waals surface area contributed by atoms with Crippen LogP contribution in [0.5, 0.6) is 11.5 Å². The summed E-state index contributed by atoms with van der Waals surface area (Å²) in [7, 11) is 2.66. The monoisotopic (exact) mass is 411 g/mol. The van der Waals surface area contributed by atoms with Gasteiger partial charge in [0, 0.05) is 5.56 Å². The Bertz CT molecular complexity index is 1060. The average Bonchev–Trinajstić information content (AvgIpc) is 3.32. The quantitative estimate of drug-likeness (QED) is 0.416. The van der Waals surface area contributed by atoms with E-state index >= 15 is 0 Å². The third-order valence-electron chi connectivity index (χ3n) is 4.13. The summed E-state index contributed by atoms with van der Waals surface area (Å²) in [4.78, 5) is 37.4. The molecule has 0 bridgehead atoms. The number of urea groups is 1. The summed E-state index contributed by atoms with van der Waals surface area (Å²) in [5, 5.41) is 11.3. The van der Waals surface area contributed by atoms with E-state index in [1.807, 2.05) is 6.07 Å². The van der Waals surface area contributed by atoms with Crippen molar-refractivity contribution < 1.29 is 33.0 Å². The Hall–Kier alpha value is -4.26. The molecule has 3 amide bonds. The van der Waals surface area contributed by atoms with Crippen molar-refractivity contribution in [2.75, 3.05) is 20.8 Å². The van der Waals surface area contributed by atoms with Gasteiger partial charge in [-0.05, 0) is 24.3 Å². The standard InChI is InChI=1S/C20H17N3O7/c1-27-15-5-3-4-12(17(15)29-9-8-21)10-14-18(24)23(20(26)22-14)11-13-6-7-16(30-13)19(25)28-2/h3-7,10H,9,11H2,1-2H3,(H,22,26). The molecule has 1 aliphatic heterocycles. The molecule has 154 valence electrons. The predicted octanol–water partition coefficient (Wildman–Crippen LogP) is 2.07. The minimum atomic E-state index is -0.665. The molecule has 1 saturated heterocycles. The van der Waals surface area contributed by atoms with Crippen molar-refractivity contribution in [2.24, 2.45) is 0 Å². The van der Waals surface area contributed by atoms with E-state index in [1.165, 1.54) is 32.4 Å². The summed E-state index contributed by atoms with van der Waals surface area (Å²) < 4.78 is 20.5. The second kappa shape index (κ2) is 8.83. The maximum atomic E-state index is 12.7. The summed E-state index contributed by atoms with van der Waals surface area (Å²) in [6.45, 7) is -0.390. The zero-order valence-electron chi connectivity index (χ0n) is 16.1. The first-order chi connectivity index (χ1) is 14.5. The fraction of sp³-hybridized carbons (Fsp3) is 0.200. The molecule has 0 unspecified atom stereocenters. The van der Waals surface area contributed by atoms with Crippen molar-refractivity contribution in [3.8, 4) is 17.6 Å². The molecule has 10 heteroatoms. The van der Waals surface area contributed by atoms with Crippen molar-refractivity contribution in [1.82, 2.24) is 10.2 Å². The van der Waals surface area contributed by atoms with Crippen LogP contribution < -0.4 is 14.8 Å². The molecule has 0 radical (unpaired) electrons. The van der Waals surface area contributed by atoms with Crippen LogP contribution in [0.25, 0.3) is 6.08 Å². The highest BCUT2D eigenvalue weighted by molar-refractivity contribution is 6.14. The molecule has 1 aliphatic rings. The van der Waals surface area contributed by atoms with Crippen LogP contribution in [0.15, 0.2) is 40.4 Å². The number of methoxy groups -OCH3 is 2.